The van der Waals surface area contributed by atoms with Gasteiger partial charge in [-0.3, -0.25) is 9.19 Å². The van der Waals surface area contributed by atoms with Gasteiger partial charge in [-0.05, 0) is 39.0 Å². The van der Waals surface area contributed by atoms with Gasteiger partial charge in [-0.25, -0.2) is 19.1 Å². The van der Waals surface area contributed by atoms with Crippen LogP contribution in [0.15, 0.2) is 41.7 Å². The number of halogens is 3. The van der Waals surface area contributed by atoms with E-state index < -0.39 is 35.8 Å². The lowest BCUT2D eigenvalue weighted by Crippen LogP contribution is -2.35. The van der Waals surface area contributed by atoms with Crippen molar-refractivity contribution in [2.75, 3.05) is 26.8 Å². The number of para-hydroxylation sites is 2. The van der Waals surface area contributed by atoms with Crippen LogP contribution in [-0.2, 0) is 26.0 Å². The first-order valence-electron chi connectivity index (χ1n) is 11.5. The molecule has 0 N–H and O–H groups in total. The smallest absolute Gasteiger partial charge is 0.484 e. The largest absolute Gasteiger partial charge is 0.508 e. The standard InChI is InChI=1S/C24H27F3N4O6S/c1-15(2)37-23(33)35-12-11-30(4)22(32)31-19-8-6-5-7-17(19)29-21(31)38(34)13-18-16(3)20(9-10-28-18)36-14-24(25,26)27/h5-10,15H,11-14H2,1-4H3. The number of rotatable bonds is 9. The molecular weight excluding hydrogens is 529 g/mol. The van der Waals surface area contributed by atoms with Crippen LogP contribution < -0.4 is 4.74 Å². The Bertz CT molecular complexity index is 1330. The van der Waals surface area contributed by atoms with E-state index in [0.29, 0.717) is 16.6 Å². The molecule has 3 rings (SSSR count). The molecule has 0 radical (unpaired) electrons. The number of pyridine rings is 1. The third-order valence-corrected chi connectivity index (χ3v) is 6.36. The minimum absolute atomic E-state index is 0.0177. The van der Waals surface area contributed by atoms with Gasteiger partial charge in [0.15, 0.2) is 6.61 Å². The van der Waals surface area contributed by atoms with E-state index in [1.807, 2.05) is 0 Å². The fraction of sp³-hybridized carbons (Fsp3) is 0.417. The maximum atomic E-state index is 13.4. The molecule has 1 unspecified atom stereocenters. The van der Waals surface area contributed by atoms with Crippen LogP contribution >= 0.6 is 0 Å². The lowest BCUT2D eigenvalue weighted by Gasteiger charge is -2.19. The lowest BCUT2D eigenvalue weighted by atomic mass is 10.2. The molecule has 2 heterocycles. The first-order chi connectivity index (χ1) is 17.9. The second-order valence-electron chi connectivity index (χ2n) is 8.46. The van der Waals surface area contributed by atoms with Crippen molar-refractivity contribution in [2.24, 2.45) is 0 Å². The number of carbonyl (C=O) groups excluding carboxylic acids is 2. The predicted octanol–water partition coefficient (Wildman–Crippen LogP) is 4.45. The quantitative estimate of drug-likeness (QED) is 0.356. The zero-order chi connectivity index (χ0) is 28.0. The normalized spacial score (nSPS) is 12.4. The van der Waals surface area contributed by atoms with Gasteiger partial charge in [0.05, 0.1) is 45.9 Å². The number of hydrogen-bond donors (Lipinski definition) is 0. The molecule has 1 aromatic carbocycles. The summed E-state index contributed by atoms with van der Waals surface area (Å²) in [4.78, 5) is 34.7. The van der Waals surface area contributed by atoms with Gasteiger partial charge in [0.25, 0.3) is 0 Å². The Kier molecular flexibility index (Phi) is 9.31. The summed E-state index contributed by atoms with van der Waals surface area (Å²) in [6, 6.07) is 7.41. The molecule has 1 amide bonds. The second-order valence-corrected chi connectivity index (χ2v) is 9.81. The van der Waals surface area contributed by atoms with Crippen LogP contribution in [0, 0.1) is 6.92 Å². The third kappa shape index (κ3) is 7.43. The van der Waals surface area contributed by atoms with E-state index in [1.165, 1.54) is 35.7 Å². The Morgan fingerprint density at radius 2 is 1.89 bits per heavy atom. The Balaban J connectivity index is 1.82. The van der Waals surface area contributed by atoms with E-state index in [4.69, 9.17) is 14.2 Å². The van der Waals surface area contributed by atoms with E-state index in [2.05, 4.69) is 9.97 Å². The van der Waals surface area contributed by atoms with Crippen LogP contribution in [0.1, 0.15) is 25.1 Å². The summed E-state index contributed by atoms with van der Waals surface area (Å²) < 4.78 is 67.1. The summed E-state index contributed by atoms with van der Waals surface area (Å²) in [6.07, 6.45) is -4.47. The van der Waals surface area contributed by atoms with Crippen molar-refractivity contribution in [1.29, 1.82) is 0 Å². The molecule has 38 heavy (non-hydrogen) atoms. The zero-order valence-electron chi connectivity index (χ0n) is 21.2. The number of alkyl halides is 3. The van der Waals surface area contributed by atoms with Gasteiger partial charge >= 0.3 is 18.4 Å². The number of carbonyl (C=O) groups is 2. The molecule has 14 heteroatoms. The van der Waals surface area contributed by atoms with Gasteiger partial charge in [0.2, 0.25) is 5.16 Å². The molecule has 0 saturated carbocycles. The second kappa shape index (κ2) is 12.2. The average molecular weight is 557 g/mol. The van der Waals surface area contributed by atoms with Crippen LogP contribution in [0.2, 0.25) is 0 Å². The van der Waals surface area contributed by atoms with Crippen LogP contribution in [0.4, 0.5) is 22.8 Å². The number of imidazole rings is 1. The highest BCUT2D eigenvalue weighted by molar-refractivity contribution is 7.84. The number of hydrogen-bond acceptors (Lipinski definition) is 8. The molecule has 10 nitrogen and oxygen atoms in total. The van der Waals surface area contributed by atoms with E-state index in [-0.39, 0.29) is 41.6 Å². The van der Waals surface area contributed by atoms with Gasteiger partial charge in [0, 0.05) is 18.8 Å². The summed E-state index contributed by atoms with van der Waals surface area (Å²) in [5, 5.41) is -0.0639. The molecule has 0 spiro atoms. The topological polar surface area (TPSA) is 113 Å². The Labute approximate surface area is 219 Å². The fourth-order valence-corrected chi connectivity index (χ4v) is 4.56. The molecule has 0 saturated heterocycles. The minimum atomic E-state index is -4.52. The van der Waals surface area contributed by atoms with E-state index >= 15 is 0 Å². The summed E-state index contributed by atoms with van der Waals surface area (Å²) in [6.45, 7) is 3.26. The molecule has 0 fully saturated rings. The van der Waals surface area contributed by atoms with Crippen molar-refractivity contribution in [3.8, 4) is 5.75 Å². The number of likely N-dealkylation sites (N-methyl/N-ethyl adjacent to an activating group) is 1. The number of fused-ring (bicyclic) bond motifs is 1. The van der Waals surface area contributed by atoms with Gasteiger partial charge < -0.3 is 19.1 Å². The first-order valence-corrected chi connectivity index (χ1v) is 12.8. The van der Waals surface area contributed by atoms with E-state index in [1.54, 1.807) is 38.1 Å². The highest BCUT2D eigenvalue weighted by Gasteiger charge is 2.29. The van der Waals surface area contributed by atoms with Gasteiger partial charge in [-0.15, -0.1) is 0 Å². The Hall–Kier alpha value is -3.68. The van der Waals surface area contributed by atoms with Crippen molar-refractivity contribution in [1.82, 2.24) is 19.4 Å². The van der Waals surface area contributed by atoms with Crippen LogP contribution in [0.5, 0.6) is 5.75 Å². The van der Waals surface area contributed by atoms with Gasteiger partial charge in [-0.1, -0.05) is 12.1 Å². The average Bonchev–Trinajstić information content (AvgIpc) is 3.22. The number of nitrogens with zero attached hydrogens (tertiary/aromatic N) is 4. The van der Waals surface area contributed by atoms with Crippen LogP contribution in [0.25, 0.3) is 11.0 Å². The lowest BCUT2D eigenvalue weighted by molar-refractivity contribution is -0.153. The summed E-state index contributed by atoms with van der Waals surface area (Å²) in [5.41, 5.74) is 1.35. The molecule has 206 valence electrons. The van der Waals surface area contributed by atoms with Crippen molar-refractivity contribution in [3.63, 3.8) is 0 Å². The number of ether oxygens (including phenoxy) is 3. The summed E-state index contributed by atoms with van der Waals surface area (Å²) in [7, 11) is -0.436. The molecule has 0 aliphatic carbocycles. The highest BCUT2D eigenvalue weighted by Crippen LogP contribution is 2.26. The van der Waals surface area contributed by atoms with Gasteiger partial charge in [-0.2, -0.15) is 13.2 Å². The number of aromatic nitrogens is 3. The van der Waals surface area contributed by atoms with Crippen LogP contribution in [-0.4, -0.2) is 74.9 Å². The minimum Gasteiger partial charge on any atom is -0.484 e. The Morgan fingerprint density at radius 3 is 2.58 bits per heavy atom. The SMILES string of the molecule is Cc1c(OCC(F)(F)F)ccnc1CS(=O)c1nc2ccccc2n1C(=O)N(C)CCOC(=O)OC(C)C. The molecule has 0 aliphatic rings. The highest BCUT2D eigenvalue weighted by atomic mass is 32.2. The summed E-state index contributed by atoms with van der Waals surface area (Å²) >= 11 is 0. The molecule has 3 aromatic rings. The molecule has 0 bridgehead atoms. The zero-order valence-corrected chi connectivity index (χ0v) is 22.0. The maximum Gasteiger partial charge on any atom is 0.508 e. The van der Waals surface area contributed by atoms with E-state index in [0.717, 1.165) is 0 Å². The maximum absolute atomic E-state index is 13.4. The third-order valence-electron chi connectivity index (χ3n) is 5.15. The van der Waals surface area contributed by atoms with Crippen LogP contribution in [0.3, 0.4) is 0 Å². The monoisotopic (exact) mass is 556 g/mol. The van der Waals surface area contributed by atoms with Gasteiger partial charge in [0.1, 0.15) is 12.4 Å². The molecule has 1 atom stereocenters. The van der Waals surface area contributed by atoms with E-state index in [9.17, 15) is 27.0 Å². The predicted molar refractivity (Wildman–Crippen MR) is 131 cm³/mol. The Morgan fingerprint density at radius 1 is 1.18 bits per heavy atom. The molecule has 2 aromatic heterocycles. The first kappa shape index (κ1) is 28.9. The number of benzene rings is 1. The molecule has 0 aliphatic heterocycles. The van der Waals surface area contributed by atoms with Crippen molar-refractivity contribution in [3.05, 3.63) is 47.8 Å². The summed E-state index contributed by atoms with van der Waals surface area (Å²) in [5.74, 6) is -0.260. The van der Waals surface area contributed by atoms with Crippen molar-refractivity contribution in [2.45, 2.75) is 44.0 Å². The van der Waals surface area contributed by atoms with Crippen molar-refractivity contribution >= 4 is 34.0 Å². The molecular formula is C24H27F3N4O6S. The van der Waals surface area contributed by atoms with Crippen molar-refractivity contribution < 1.29 is 41.2 Å². The fourth-order valence-electron chi connectivity index (χ4n) is 3.31. The number of amides is 1.